The van der Waals surface area contributed by atoms with Crippen LogP contribution in [0, 0.1) is 23.7 Å². The van der Waals surface area contributed by atoms with E-state index in [9.17, 15) is 9.18 Å². The first-order chi connectivity index (χ1) is 14.9. The quantitative estimate of drug-likeness (QED) is 0.476. The van der Waals surface area contributed by atoms with Crippen LogP contribution in [0.3, 0.4) is 0 Å². The Kier molecular flexibility index (Phi) is 8.65. The van der Waals surface area contributed by atoms with E-state index in [1.807, 2.05) is 27.9 Å². The van der Waals surface area contributed by atoms with Gasteiger partial charge >= 0.3 is 0 Å². The summed E-state index contributed by atoms with van der Waals surface area (Å²) < 4.78 is 20.5. The molecule has 1 aliphatic heterocycles. The molecule has 0 bridgehead atoms. The summed E-state index contributed by atoms with van der Waals surface area (Å²) in [6.07, 6.45) is 9.56. The van der Waals surface area contributed by atoms with Crippen molar-refractivity contribution in [1.29, 1.82) is 0 Å². The molecule has 6 heteroatoms. The zero-order valence-electron chi connectivity index (χ0n) is 20.3. The number of hydrogen-bond donors (Lipinski definition) is 2. The van der Waals surface area contributed by atoms with Gasteiger partial charge in [0.15, 0.2) is 6.29 Å². The molecule has 0 aromatic rings. The smallest absolute Gasteiger partial charge is 0.229 e. The summed E-state index contributed by atoms with van der Waals surface area (Å²) in [4.78, 5) is 15.3. The zero-order valence-corrected chi connectivity index (χ0v) is 20.3. The normalized spacial score (nSPS) is 29.9. The summed E-state index contributed by atoms with van der Waals surface area (Å²) >= 11 is 0. The van der Waals surface area contributed by atoms with Gasteiger partial charge in [0, 0.05) is 31.5 Å². The molecule has 6 atom stereocenters. The number of nitrogens with one attached hydrogen (secondary N) is 2. The lowest BCUT2D eigenvalue weighted by atomic mass is 9.89. The van der Waals surface area contributed by atoms with Gasteiger partial charge in [-0.3, -0.25) is 4.79 Å². The molecule has 1 heterocycles. The maximum absolute atomic E-state index is 14.9. The minimum absolute atomic E-state index is 0.108. The van der Waals surface area contributed by atoms with Crippen LogP contribution >= 0.6 is 0 Å². The van der Waals surface area contributed by atoms with Gasteiger partial charge in [-0.05, 0) is 63.2 Å². The van der Waals surface area contributed by atoms with Gasteiger partial charge in [0.05, 0.1) is 12.0 Å². The molecule has 2 aliphatic carbocycles. The van der Waals surface area contributed by atoms with Gasteiger partial charge in [0.1, 0.15) is 6.17 Å². The number of carbonyl (C=O) groups is 1. The van der Waals surface area contributed by atoms with E-state index in [-0.39, 0.29) is 18.1 Å². The number of ether oxygens (including phenoxy) is 1. The van der Waals surface area contributed by atoms with Crippen LogP contribution in [-0.4, -0.2) is 43.5 Å². The van der Waals surface area contributed by atoms with Crippen LogP contribution in [0.4, 0.5) is 4.39 Å². The largest absolute Gasteiger partial charge is 0.381 e. The fourth-order valence-electron chi connectivity index (χ4n) is 5.32. The molecule has 0 aromatic carbocycles. The molecule has 2 N–H and O–H groups in total. The van der Waals surface area contributed by atoms with Crippen molar-refractivity contribution >= 4 is 5.91 Å². The molecule has 5 nitrogen and oxygen atoms in total. The monoisotopic (exact) mass is 437 g/mol. The first kappa shape index (κ1) is 24.3. The minimum Gasteiger partial charge on any atom is -0.381 e. The summed E-state index contributed by atoms with van der Waals surface area (Å²) in [5.74, 6) is 0.378. The highest BCUT2D eigenvalue weighted by molar-refractivity contribution is 5.79. The van der Waals surface area contributed by atoms with E-state index in [1.54, 1.807) is 0 Å². The molecule has 2 fully saturated rings. The molecule has 0 saturated heterocycles. The van der Waals surface area contributed by atoms with Crippen LogP contribution in [0.15, 0.2) is 11.4 Å². The van der Waals surface area contributed by atoms with E-state index < -0.39 is 12.1 Å². The van der Waals surface area contributed by atoms with Crippen molar-refractivity contribution in [3.05, 3.63) is 11.4 Å². The second kappa shape index (κ2) is 11.0. The van der Waals surface area contributed by atoms with E-state index in [2.05, 4.69) is 22.6 Å². The summed E-state index contributed by atoms with van der Waals surface area (Å²) in [6.45, 7) is 5.79. The molecular formula is C25H44FN3O2. The van der Waals surface area contributed by atoms with Gasteiger partial charge in [-0.1, -0.05) is 33.6 Å². The van der Waals surface area contributed by atoms with E-state index in [0.29, 0.717) is 18.4 Å². The van der Waals surface area contributed by atoms with Gasteiger partial charge in [0.2, 0.25) is 5.91 Å². The van der Waals surface area contributed by atoms with Gasteiger partial charge in [0.25, 0.3) is 0 Å². The van der Waals surface area contributed by atoms with Crippen LogP contribution in [0.5, 0.6) is 0 Å². The van der Waals surface area contributed by atoms with Gasteiger partial charge < -0.3 is 20.3 Å². The number of amides is 1. The molecule has 1 amide bonds. The van der Waals surface area contributed by atoms with Crippen molar-refractivity contribution in [2.24, 2.45) is 23.7 Å². The molecular weight excluding hydrogens is 393 g/mol. The lowest BCUT2D eigenvalue weighted by molar-refractivity contribution is -0.129. The molecule has 178 valence electrons. The number of methoxy groups -OCH3 is 1. The Morgan fingerprint density at radius 1 is 1.19 bits per heavy atom. The predicted octanol–water partition coefficient (Wildman–Crippen LogP) is 4.94. The number of hydrogen-bond acceptors (Lipinski definition) is 4. The average molecular weight is 438 g/mol. The number of allylic oxidation sites excluding steroid dienone is 2. The molecule has 2 saturated carbocycles. The highest BCUT2D eigenvalue weighted by atomic mass is 19.1. The highest BCUT2D eigenvalue weighted by Gasteiger charge is 2.39. The van der Waals surface area contributed by atoms with E-state index >= 15 is 0 Å². The Morgan fingerprint density at radius 2 is 1.94 bits per heavy atom. The van der Waals surface area contributed by atoms with E-state index in [4.69, 9.17) is 4.74 Å². The average Bonchev–Trinajstić information content (AvgIpc) is 3.56. The second-order valence-corrected chi connectivity index (χ2v) is 10.1. The Balaban J connectivity index is 1.70. The molecule has 3 rings (SSSR count). The lowest BCUT2D eigenvalue weighted by Crippen LogP contribution is -2.53. The van der Waals surface area contributed by atoms with Crippen LogP contribution in [0.25, 0.3) is 0 Å². The maximum atomic E-state index is 14.9. The van der Waals surface area contributed by atoms with Crippen molar-refractivity contribution in [2.45, 2.75) is 104 Å². The van der Waals surface area contributed by atoms with Crippen molar-refractivity contribution < 1.29 is 13.9 Å². The van der Waals surface area contributed by atoms with Crippen molar-refractivity contribution in [3.8, 4) is 0 Å². The van der Waals surface area contributed by atoms with Crippen LogP contribution in [-0.2, 0) is 9.53 Å². The standard InChI is InChI=1S/C25H44FN3O2/c1-6-16(3)22(26)20(7-2)24(30)28-25-27-21(15-17-11-12-17)23(29(25)4)18-9-8-10-19(31-5)14-13-18/h16-20,22,25,27H,6-15H2,1-5H3,(H,28,30). The Morgan fingerprint density at radius 3 is 2.55 bits per heavy atom. The molecule has 0 aromatic heterocycles. The van der Waals surface area contributed by atoms with Gasteiger partial charge in [-0.25, -0.2) is 4.39 Å². The summed E-state index contributed by atoms with van der Waals surface area (Å²) in [5, 5.41) is 6.75. The fraction of sp³-hybridized carbons (Fsp3) is 0.880. The predicted molar refractivity (Wildman–Crippen MR) is 123 cm³/mol. The van der Waals surface area contributed by atoms with E-state index in [1.165, 1.54) is 30.7 Å². The Hall–Kier alpha value is -1.30. The van der Waals surface area contributed by atoms with Crippen LogP contribution < -0.4 is 10.6 Å². The van der Waals surface area contributed by atoms with Crippen LogP contribution in [0.1, 0.15) is 85.0 Å². The number of rotatable bonds is 10. The topological polar surface area (TPSA) is 53.6 Å². The van der Waals surface area contributed by atoms with Crippen molar-refractivity contribution in [2.75, 3.05) is 14.2 Å². The third kappa shape index (κ3) is 5.94. The molecule has 31 heavy (non-hydrogen) atoms. The third-order valence-electron chi connectivity index (χ3n) is 7.84. The first-order valence-electron chi connectivity index (χ1n) is 12.6. The minimum atomic E-state index is -1.10. The van der Waals surface area contributed by atoms with Crippen LogP contribution in [0.2, 0.25) is 0 Å². The van der Waals surface area contributed by atoms with Gasteiger partial charge in [-0.15, -0.1) is 0 Å². The number of nitrogens with zero attached hydrogens (tertiary/aromatic N) is 1. The van der Waals surface area contributed by atoms with Crippen molar-refractivity contribution in [1.82, 2.24) is 15.5 Å². The Bertz CT molecular complexity index is 636. The lowest BCUT2D eigenvalue weighted by Gasteiger charge is -2.31. The van der Waals surface area contributed by atoms with E-state index in [0.717, 1.165) is 44.4 Å². The zero-order chi connectivity index (χ0) is 22.5. The maximum Gasteiger partial charge on any atom is 0.229 e. The summed E-state index contributed by atoms with van der Waals surface area (Å²) in [5.41, 5.74) is 2.66. The second-order valence-electron chi connectivity index (χ2n) is 10.1. The first-order valence-corrected chi connectivity index (χ1v) is 12.6. The number of halogens is 1. The fourth-order valence-corrected chi connectivity index (χ4v) is 5.32. The molecule has 0 spiro atoms. The SMILES string of the molecule is CCC(C)C(F)C(CC)C(=O)NC1NC(CC2CC2)=C(C2CCCC(OC)CC2)N1C. The Labute approximate surface area is 188 Å². The molecule has 6 unspecified atom stereocenters. The molecule has 0 radical (unpaired) electrons. The summed E-state index contributed by atoms with van der Waals surface area (Å²) in [7, 11) is 3.90. The molecule has 3 aliphatic rings. The van der Waals surface area contributed by atoms with Crippen molar-refractivity contribution in [3.63, 3.8) is 0 Å². The number of carbonyl (C=O) groups excluding carboxylic acids is 1. The third-order valence-corrected chi connectivity index (χ3v) is 7.84. The number of alkyl halides is 1. The van der Waals surface area contributed by atoms with Gasteiger partial charge in [-0.2, -0.15) is 0 Å². The highest BCUT2D eigenvalue weighted by Crippen LogP contribution is 2.41. The summed E-state index contributed by atoms with van der Waals surface area (Å²) in [6, 6.07) is 0.